The van der Waals surface area contributed by atoms with Crippen molar-refractivity contribution in [1.29, 1.82) is 0 Å². The Bertz CT molecular complexity index is 619. The first-order valence-corrected chi connectivity index (χ1v) is 7.69. The third-order valence-corrected chi connectivity index (χ3v) is 3.30. The Morgan fingerprint density at radius 3 is 2.75 bits per heavy atom. The standard InChI is InChI=1S/C17H22N4O3/c1-21(10-8-14-5-3-4-9-18-14)17(22)20-15-6-7-16(19-13-15)24-12-11-23-2/h3-7,9,13H,8,10-12H2,1-2H3,(H,20,22). The molecule has 7 heteroatoms. The van der Waals surface area contributed by atoms with Crippen molar-refractivity contribution in [2.45, 2.75) is 6.42 Å². The third kappa shape index (κ3) is 5.85. The van der Waals surface area contributed by atoms with Gasteiger partial charge >= 0.3 is 6.03 Å². The number of pyridine rings is 2. The van der Waals surface area contributed by atoms with Crippen molar-refractivity contribution in [3.8, 4) is 5.88 Å². The van der Waals surface area contributed by atoms with Crippen LogP contribution >= 0.6 is 0 Å². The van der Waals surface area contributed by atoms with Crippen molar-refractivity contribution in [2.75, 3.05) is 39.2 Å². The second-order valence-electron chi connectivity index (χ2n) is 5.15. The molecule has 0 unspecified atom stereocenters. The van der Waals surface area contributed by atoms with Crippen LogP contribution in [-0.2, 0) is 11.2 Å². The number of likely N-dealkylation sites (N-methyl/N-ethyl adjacent to an activating group) is 1. The average molecular weight is 330 g/mol. The molecule has 0 aliphatic carbocycles. The predicted molar refractivity (Wildman–Crippen MR) is 91.2 cm³/mol. The number of rotatable bonds is 8. The Labute approximate surface area is 141 Å². The van der Waals surface area contributed by atoms with Crippen molar-refractivity contribution in [1.82, 2.24) is 14.9 Å². The summed E-state index contributed by atoms with van der Waals surface area (Å²) in [5.74, 6) is 0.494. The average Bonchev–Trinajstić information content (AvgIpc) is 2.62. The summed E-state index contributed by atoms with van der Waals surface area (Å²) in [6, 6.07) is 9.01. The molecule has 0 spiro atoms. The van der Waals surface area contributed by atoms with Crippen LogP contribution in [0.25, 0.3) is 0 Å². The lowest BCUT2D eigenvalue weighted by atomic mass is 10.2. The van der Waals surface area contributed by atoms with Gasteiger partial charge in [-0.15, -0.1) is 0 Å². The molecule has 7 nitrogen and oxygen atoms in total. The third-order valence-electron chi connectivity index (χ3n) is 3.30. The van der Waals surface area contributed by atoms with E-state index in [9.17, 15) is 4.79 Å². The molecular formula is C17H22N4O3. The highest BCUT2D eigenvalue weighted by Gasteiger charge is 2.09. The number of urea groups is 1. The van der Waals surface area contributed by atoms with Gasteiger partial charge < -0.3 is 19.7 Å². The van der Waals surface area contributed by atoms with Gasteiger partial charge in [0.25, 0.3) is 0 Å². The Kier molecular flexibility index (Phi) is 6.97. The van der Waals surface area contributed by atoms with Crippen molar-refractivity contribution in [2.24, 2.45) is 0 Å². The Balaban J connectivity index is 1.78. The van der Waals surface area contributed by atoms with E-state index in [0.29, 0.717) is 37.7 Å². The fourth-order valence-corrected chi connectivity index (χ4v) is 1.92. The number of carbonyl (C=O) groups excluding carboxylic acids is 1. The summed E-state index contributed by atoms with van der Waals surface area (Å²) in [6.45, 7) is 1.52. The largest absolute Gasteiger partial charge is 0.475 e. The van der Waals surface area contributed by atoms with Gasteiger partial charge in [-0.3, -0.25) is 4.98 Å². The van der Waals surface area contributed by atoms with E-state index in [1.54, 1.807) is 43.6 Å². The molecule has 2 amide bonds. The number of aromatic nitrogens is 2. The first-order valence-electron chi connectivity index (χ1n) is 7.69. The van der Waals surface area contributed by atoms with Gasteiger partial charge in [0.2, 0.25) is 5.88 Å². The van der Waals surface area contributed by atoms with Gasteiger partial charge in [-0.2, -0.15) is 0 Å². The summed E-state index contributed by atoms with van der Waals surface area (Å²) in [6.07, 6.45) is 4.01. The van der Waals surface area contributed by atoms with Crippen LogP contribution in [0, 0.1) is 0 Å². The molecule has 2 heterocycles. The first kappa shape index (κ1) is 17.7. The molecule has 0 saturated carbocycles. The van der Waals surface area contributed by atoms with Gasteiger partial charge in [-0.05, 0) is 18.2 Å². The highest BCUT2D eigenvalue weighted by Crippen LogP contribution is 2.12. The molecule has 0 bridgehead atoms. The van der Waals surface area contributed by atoms with E-state index >= 15 is 0 Å². The molecule has 2 aromatic rings. The topological polar surface area (TPSA) is 76.6 Å². The number of hydrogen-bond donors (Lipinski definition) is 1. The summed E-state index contributed by atoms with van der Waals surface area (Å²) in [5.41, 5.74) is 1.57. The Hall–Kier alpha value is -2.67. The summed E-state index contributed by atoms with van der Waals surface area (Å²) in [5, 5.41) is 2.80. The van der Waals surface area contributed by atoms with Crippen LogP contribution in [0.2, 0.25) is 0 Å². The first-order chi connectivity index (χ1) is 11.7. The molecular weight excluding hydrogens is 308 g/mol. The quantitative estimate of drug-likeness (QED) is 0.751. The number of amides is 2. The van der Waals surface area contributed by atoms with Gasteiger partial charge in [0.05, 0.1) is 18.5 Å². The highest BCUT2D eigenvalue weighted by atomic mass is 16.5. The predicted octanol–water partition coefficient (Wildman–Crippen LogP) is 2.21. The molecule has 0 aliphatic heterocycles. The zero-order valence-electron chi connectivity index (χ0n) is 13.9. The normalized spacial score (nSPS) is 10.2. The van der Waals surface area contributed by atoms with Crippen LogP contribution in [0.4, 0.5) is 10.5 Å². The Morgan fingerprint density at radius 2 is 2.08 bits per heavy atom. The molecule has 0 fully saturated rings. The molecule has 24 heavy (non-hydrogen) atoms. The van der Waals surface area contributed by atoms with Crippen LogP contribution in [0.5, 0.6) is 5.88 Å². The summed E-state index contributed by atoms with van der Waals surface area (Å²) < 4.78 is 10.3. The van der Waals surface area contributed by atoms with E-state index in [-0.39, 0.29) is 6.03 Å². The maximum absolute atomic E-state index is 12.1. The fourth-order valence-electron chi connectivity index (χ4n) is 1.92. The molecule has 0 aromatic carbocycles. The minimum Gasteiger partial charge on any atom is -0.475 e. The molecule has 2 rings (SSSR count). The number of nitrogens with zero attached hydrogens (tertiary/aromatic N) is 3. The molecule has 1 N–H and O–H groups in total. The summed E-state index contributed by atoms with van der Waals surface area (Å²) in [7, 11) is 3.35. The van der Waals surface area contributed by atoms with Crippen molar-refractivity contribution in [3.63, 3.8) is 0 Å². The Morgan fingerprint density at radius 1 is 1.21 bits per heavy atom. The van der Waals surface area contributed by atoms with Gasteiger partial charge in [0.15, 0.2) is 0 Å². The van der Waals surface area contributed by atoms with Gasteiger partial charge in [-0.25, -0.2) is 9.78 Å². The summed E-state index contributed by atoms with van der Waals surface area (Å²) in [4.78, 5) is 22.1. The number of methoxy groups -OCH3 is 1. The molecule has 0 aliphatic rings. The number of carbonyl (C=O) groups is 1. The lowest BCUT2D eigenvalue weighted by Crippen LogP contribution is -2.33. The van der Waals surface area contributed by atoms with E-state index in [2.05, 4.69) is 15.3 Å². The van der Waals surface area contributed by atoms with Gasteiger partial charge in [0, 0.05) is 45.1 Å². The van der Waals surface area contributed by atoms with Crippen molar-refractivity contribution < 1.29 is 14.3 Å². The molecule has 0 radical (unpaired) electrons. The van der Waals surface area contributed by atoms with Gasteiger partial charge in [0.1, 0.15) is 6.61 Å². The SMILES string of the molecule is COCCOc1ccc(NC(=O)N(C)CCc2ccccn2)cn1. The number of ether oxygens (including phenoxy) is 2. The van der Waals surface area contributed by atoms with E-state index < -0.39 is 0 Å². The maximum atomic E-state index is 12.1. The smallest absolute Gasteiger partial charge is 0.321 e. The van der Waals surface area contributed by atoms with Crippen molar-refractivity contribution in [3.05, 3.63) is 48.4 Å². The van der Waals surface area contributed by atoms with E-state index in [1.165, 1.54) is 0 Å². The number of nitrogens with one attached hydrogen (secondary N) is 1. The highest BCUT2D eigenvalue weighted by molar-refractivity contribution is 5.88. The van der Waals surface area contributed by atoms with E-state index in [4.69, 9.17) is 9.47 Å². The van der Waals surface area contributed by atoms with Crippen molar-refractivity contribution >= 4 is 11.7 Å². The maximum Gasteiger partial charge on any atom is 0.321 e. The van der Waals surface area contributed by atoms with E-state index in [1.807, 2.05) is 18.2 Å². The molecule has 0 atom stereocenters. The number of hydrogen-bond acceptors (Lipinski definition) is 5. The molecule has 2 aromatic heterocycles. The van der Waals surface area contributed by atoms with Crippen LogP contribution in [0.15, 0.2) is 42.7 Å². The lowest BCUT2D eigenvalue weighted by molar-refractivity contribution is 0.144. The van der Waals surface area contributed by atoms with Gasteiger partial charge in [-0.1, -0.05) is 6.07 Å². The second kappa shape index (κ2) is 9.46. The number of anilines is 1. The molecule has 0 saturated heterocycles. The zero-order chi connectivity index (χ0) is 17.2. The van der Waals surface area contributed by atoms with Crippen LogP contribution in [0.1, 0.15) is 5.69 Å². The van der Waals surface area contributed by atoms with Crippen LogP contribution in [-0.4, -0.2) is 54.8 Å². The minimum atomic E-state index is -0.194. The molecule has 128 valence electrons. The lowest BCUT2D eigenvalue weighted by Gasteiger charge is -2.17. The van der Waals surface area contributed by atoms with E-state index in [0.717, 1.165) is 5.69 Å². The fraction of sp³-hybridized carbons (Fsp3) is 0.353. The second-order valence-corrected chi connectivity index (χ2v) is 5.15. The minimum absolute atomic E-state index is 0.194. The summed E-state index contributed by atoms with van der Waals surface area (Å²) >= 11 is 0. The monoisotopic (exact) mass is 330 g/mol. The van der Waals surface area contributed by atoms with Crippen LogP contribution in [0.3, 0.4) is 0 Å². The van der Waals surface area contributed by atoms with Crippen LogP contribution < -0.4 is 10.1 Å². The zero-order valence-corrected chi connectivity index (χ0v) is 13.9.